The second-order valence-electron chi connectivity index (χ2n) is 5.08. The van der Waals surface area contributed by atoms with Gasteiger partial charge in [0.25, 0.3) is 0 Å². The summed E-state index contributed by atoms with van der Waals surface area (Å²) < 4.78 is 0. The molecule has 0 aromatic heterocycles. The number of hydrogen-bond acceptors (Lipinski definition) is 2. The predicted molar refractivity (Wildman–Crippen MR) is 81.5 cm³/mol. The molecule has 0 radical (unpaired) electrons. The summed E-state index contributed by atoms with van der Waals surface area (Å²) in [6.45, 7) is 4.24. The molecule has 0 saturated carbocycles. The van der Waals surface area contributed by atoms with Crippen molar-refractivity contribution in [1.82, 2.24) is 0 Å². The Morgan fingerprint density at radius 2 is 1.85 bits per heavy atom. The molecule has 2 aromatic rings. The zero-order valence-electron chi connectivity index (χ0n) is 11.6. The van der Waals surface area contributed by atoms with Crippen molar-refractivity contribution in [3.63, 3.8) is 0 Å². The van der Waals surface area contributed by atoms with Crippen LogP contribution in [0.2, 0.25) is 0 Å². The van der Waals surface area contributed by atoms with Crippen LogP contribution in [0.4, 0.5) is 5.69 Å². The molecule has 1 heterocycles. The van der Waals surface area contributed by atoms with Crippen LogP contribution >= 0.6 is 0 Å². The molecule has 1 aliphatic rings. The van der Waals surface area contributed by atoms with Gasteiger partial charge in [-0.2, -0.15) is 0 Å². The Hall–Kier alpha value is -2.42. The zero-order valence-corrected chi connectivity index (χ0v) is 11.6. The normalized spacial score (nSPS) is 14.1. The lowest BCUT2D eigenvalue weighted by Gasteiger charge is -2.14. The Bertz CT molecular complexity index is 702. The van der Waals surface area contributed by atoms with Gasteiger partial charge in [-0.25, -0.2) is 0 Å². The van der Waals surface area contributed by atoms with Gasteiger partial charge in [0.1, 0.15) is 6.54 Å². The highest BCUT2D eigenvalue weighted by Gasteiger charge is 2.19. The number of benzodiazepines with no additional fused rings is 1. The van der Waals surface area contributed by atoms with Crippen molar-refractivity contribution >= 4 is 17.3 Å². The summed E-state index contributed by atoms with van der Waals surface area (Å²) in [5.74, 6) is -0.0656. The molecule has 3 nitrogen and oxygen atoms in total. The lowest BCUT2D eigenvalue weighted by molar-refractivity contribution is -0.114. The number of nitrogens with zero attached hydrogens (tertiary/aromatic N) is 1. The topological polar surface area (TPSA) is 41.5 Å². The van der Waals surface area contributed by atoms with E-state index in [0.717, 1.165) is 28.1 Å². The maximum atomic E-state index is 11.8. The van der Waals surface area contributed by atoms with Crippen LogP contribution in [0.3, 0.4) is 0 Å². The van der Waals surface area contributed by atoms with E-state index in [4.69, 9.17) is 0 Å². The predicted octanol–water partition coefficient (Wildman–Crippen LogP) is 3.09. The van der Waals surface area contributed by atoms with Crippen LogP contribution in [0.15, 0.2) is 47.5 Å². The van der Waals surface area contributed by atoms with E-state index in [9.17, 15) is 4.79 Å². The van der Waals surface area contributed by atoms with Crippen LogP contribution in [0, 0.1) is 13.8 Å². The third-order valence-electron chi connectivity index (χ3n) is 3.43. The molecule has 1 aliphatic heterocycles. The SMILES string of the molecule is Cc1cc(C)c2c(c1)C(c1ccccc1)=NCC(=O)N2. The second kappa shape index (κ2) is 4.93. The molecule has 1 N–H and O–H groups in total. The molecule has 100 valence electrons. The first kappa shape index (κ1) is 12.6. The fourth-order valence-corrected chi connectivity index (χ4v) is 2.58. The van der Waals surface area contributed by atoms with E-state index in [2.05, 4.69) is 29.4 Å². The number of carbonyl (C=O) groups excluding carboxylic acids is 1. The molecule has 3 heteroatoms. The lowest BCUT2D eigenvalue weighted by Crippen LogP contribution is -2.14. The van der Waals surface area contributed by atoms with Gasteiger partial charge in [-0.1, -0.05) is 42.0 Å². The zero-order chi connectivity index (χ0) is 14.1. The van der Waals surface area contributed by atoms with Gasteiger partial charge in [0.05, 0.1) is 11.4 Å². The third-order valence-corrected chi connectivity index (χ3v) is 3.43. The number of fused-ring (bicyclic) bond motifs is 1. The van der Waals surface area contributed by atoms with Crippen LogP contribution in [0.5, 0.6) is 0 Å². The number of hydrogen-bond donors (Lipinski definition) is 1. The highest BCUT2D eigenvalue weighted by atomic mass is 16.1. The Labute approximate surface area is 118 Å². The molecule has 0 unspecified atom stereocenters. The van der Waals surface area contributed by atoms with Crippen molar-refractivity contribution in [1.29, 1.82) is 0 Å². The summed E-state index contributed by atoms with van der Waals surface area (Å²) in [7, 11) is 0. The maximum absolute atomic E-state index is 11.8. The molecule has 1 amide bonds. The van der Waals surface area contributed by atoms with E-state index >= 15 is 0 Å². The number of nitrogens with one attached hydrogen (secondary N) is 1. The fourth-order valence-electron chi connectivity index (χ4n) is 2.58. The molecule has 3 rings (SSSR count). The van der Waals surface area contributed by atoms with Gasteiger partial charge in [0.2, 0.25) is 5.91 Å². The molecule has 0 spiro atoms. The molecular weight excluding hydrogens is 248 g/mol. The van der Waals surface area contributed by atoms with E-state index in [-0.39, 0.29) is 12.5 Å². The third kappa shape index (κ3) is 2.23. The quantitative estimate of drug-likeness (QED) is 0.845. The van der Waals surface area contributed by atoms with E-state index < -0.39 is 0 Å². The number of amides is 1. The Kier molecular flexibility index (Phi) is 3.11. The highest BCUT2D eigenvalue weighted by molar-refractivity contribution is 6.19. The van der Waals surface area contributed by atoms with Gasteiger partial charge in [-0.15, -0.1) is 0 Å². The smallest absolute Gasteiger partial charge is 0.246 e. The molecule has 2 aromatic carbocycles. The molecule has 0 atom stereocenters. The average Bonchev–Trinajstić information content (AvgIpc) is 2.59. The number of aryl methyl sites for hydroxylation is 2. The van der Waals surface area contributed by atoms with E-state index in [0.29, 0.717) is 0 Å². The molecule has 20 heavy (non-hydrogen) atoms. The molecule has 0 bridgehead atoms. The Morgan fingerprint density at radius 1 is 1.10 bits per heavy atom. The minimum atomic E-state index is -0.0656. The van der Waals surface area contributed by atoms with Gasteiger partial charge in [-0.3, -0.25) is 9.79 Å². The number of carbonyl (C=O) groups is 1. The first-order valence-electron chi connectivity index (χ1n) is 6.66. The highest BCUT2D eigenvalue weighted by Crippen LogP contribution is 2.27. The van der Waals surface area contributed by atoms with Crippen LogP contribution in [-0.4, -0.2) is 18.2 Å². The fraction of sp³-hybridized carbons (Fsp3) is 0.176. The number of anilines is 1. The van der Waals surface area contributed by atoms with Crippen LogP contribution in [0.25, 0.3) is 0 Å². The van der Waals surface area contributed by atoms with Crippen molar-refractivity contribution in [2.45, 2.75) is 13.8 Å². The summed E-state index contributed by atoms with van der Waals surface area (Å²) in [4.78, 5) is 16.3. The standard InChI is InChI=1S/C17H16N2O/c1-11-8-12(2)16-14(9-11)17(18-10-15(20)19-16)13-6-4-3-5-7-13/h3-9H,10H2,1-2H3,(H,19,20). The monoisotopic (exact) mass is 264 g/mol. The van der Waals surface area contributed by atoms with E-state index in [1.165, 1.54) is 5.56 Å². The largest absolute Gasteiger partial charge is 0.324 e. The summed E-state index contributed by atoms with van der Waals surface area (Å²) in [6.07, 6.45) is 0. The molecule has 0 fully saturated rings. The second-order valence-corrected chi connectivity index (χ2v) is 5.08. The van der Waals surface area contributed by atoms with Crippen LogP contribution in [-0.2, 0) is 4.79 Å². The summed E-state index contributed by atoms with van der Waals surface area (Å²) in [5, 5.41) is 2.96. The number of rotatable bonds is 1. The first-order chi connectivity index (χ1) is 9.65. The Morgan fingerprint density at radius 3 is 2.60 bits per heavy atom. The van der Waals surface area contributed by atoms with Gasteiger partial charge < -0.3 is 5.32 Å². The van der Waals surface area contributed by atoms with Gasteiger partial charge in [0.15, 0.2) is 0 Å². The summed E-state index contributed by atoms with van der Waals surface area (Å²) in [6, 6.07) is 14.2. The number of benzene rings is 2. The molecular formula is C17H16N2O. The van der Waals surface area contributed by atoms with Gasteiger partial charge in [-0.05, 0) is 25.5 Å². The van der Waals surface area contributed by atoms with Crippen molar-refractivity contribution in [2.75, 3.05) is 11.9 Å². The van der Waals surface area contributed by atoms with E-state index in [1.54, 1.807) is 0 Å². The maximum Gasteiger partial charge on any atom is 0.246 e. The Balaban J connectivity index is 2.24. The summed E-state index contributed by atoms with van der Waals surface area (Å²) in [5.41, 5.74) is 6.03. The minimum Gasteiger partial charge on any atom is -0.324 e. The van der Waals surface area contributed by atoms with Crippen molar-refractivity contribution in [3.8, 4) is 0 Å². The van der Waals surface area contributed by atoms with Gasteiger partial charge in [0, 0.05) is 11.1 Å². The van der Waals surface area contributed by atoms with Crippen molar-refractivity contribution in [3.05, 3.63) is 64.7 Å². The minimum absolute atomic E-state index is 0.0656. The van der Waals surface area contributed by atoms with Crippen LogP contribution in [0.1, 0.15) is 22.3 Å². The molecule has 0 saturated heterocycles. The average molecular weight is 264 g/mol. The first-order valence-corrected chi connectivity index (χ1v) is 6.66. The van der Waals surface area contributed by atoms with Crippen LogP contribution < -0.4 is 5.32 Å². The molecule has 0 aliphatic carbocycles. The van der Waals surface area contributed by atoms with Crippen molar-refractivity contribution < 1.29 is 4.79 Å². The lowest BCUT2D eigenvalue weighted by atomic mass is 9.96. The van der Waals surface area contributed by atoms with E-state index in [1.807, 2.05) is 37.3 Å². The summed E-state index contributed by atoms with van der Waals surface area (Å²) >= 11 is 0. The van der Waals surface area contributed by atoms with Gasteiger partial charge >= 0.3 is 0 Å². The number of aliphatic imine (C=N–C) groups is 1. The van der Waals surface area contributed by atoms with Crippen molar-refractivity contribution in [2.24, 2.45) is 4.99 Å².